The van der Waals surface area contributed by atoms with Gasteiger partial charge in [0.1, 0.15) is 17.3 Å². The second-order valence-electron chi connectivity index (χ2n) is 12.8. The number of benzene rings is 2. The first-order valence-corrected chi connectivity index (χ1v) is 15.9. The van der Waals surface area contributed by atoms with E-state index in [1.165, 1.54) is 25.3 Å². The molecule has 14 heteroatoms. The summed E-state index contributed by atoms with van der Waals surface area (Å²) >= 11 is 12.5. The second kappa shape index (κ2) is 12.6. The number of methoxy groups -OCH3 is 1. The Balaban J connectivity index is 1.37. The SMILES string of the molecule is COCCNC(=O)[C@@H]1CCC(NC(=O)[C@@H]2NC3(CC(CF)(CF)C3)[C@@]3(C(=O)Nc4cc(Cl)ccc43)[C@H]2c2cccc(Cl)c2F)CO1. The van der Waals surface area contributed by atoms with Gasteiger partial charge in [-0.2, -0.15) is 0 Å². The van der Waals surface area contributed by atoms with Crippen LogP contribution in [0, 0.1) is 11.2 Å². The van der Waals surface area contributed by atoms with Crippen molar-refractivity contribution in [2.75, 3.05) is 45.5 Å². The van der Waals surface area contributed by atoms with E-state index in [4.69, 9.17) is 32.7 Å². The smallest absolute Gasteiger partial charge is 0.249 e. The molecule has 3 amide bonds. The lowest BCUT2D eigenvalue weighted by Gasteiger charge is -2.59. The number of ether oxygens (including phenoxy) is 2. The van der Waals surface area contributed by atoms with Crippen LogP contribution in [0.4, 0.5) is 18.9 Å². The maximum absolute atomic E-state index is 16.0. The van der Waals surface area contributed by atoms with Crippen molar-refractivity contribution in [1.82, 2.24) is 16.0 Å². The van der Waals surface area contributed by atoms with E-state index in [-0.39, 0.29) is 35.9 Å². The highest BCUT2D eigenvalue weighted by atomic mass is 35.5. The maximum atomic E-state index is 16.0. The molecule has 5 atom stereocenters. The molecule has 1 saturated carbocycles. The predicted octanol–water partition coefficient (Wildman–Crippen LogP) is 3.96. The van der Waals surface area contributed by atoms with Crippen molar-refractivity contribution < 1.29 is 37.0 Å². The topological polar surface area (TPSA) is 118 Å². The molecule has 2 aromatic rings. The first-order valence-electron chi connectivity index (χ1n) is 15.2. The van der Waals surface area contributed by atoms with Crippen LogP contribution in [0.15, 0.2) is 36.4 Å². The van der Waals surface area contributed by atoms with Crippen molar-refractivity contribution in [3.63, 3.8) is 0 Å². The van der Waals surface area contributed by atoms with Crippen LogP contribution in [-0.2, 0) is 29.3 Å². The number of halogens is 5. The highest BCUT2D eigenvalue weighted by molar-refractivity contribution is 6.31. The highest BCUT2D eigenvalue weighted by Gasteiger charge is 2.78. The molecular formula is C32H35Cl2F3N4O5. The van der Waals surface area contributed by atoms with E-state index >= 15 is 4.39 Å². The fraction of sp³-hybridized carbons (Fsp3) is 0.531. The highest BCUT2D eigenvalue weighted by Crippen LogP contribution is 2.68. The summed E-state index contributed by atoms with van der Waals surface area (Å²) in [6.07, 6.45) is -0.158. The van der Waals surface area contributed by atoms with Crippen LogP contribution >= 0.6 is 23.2 Å². The summed E-state index contributed by atoms with van der Waals surface area (Å²) in [5, 5.41) is 12.0. The molecule has 3 fully saturated rings. The Kier molecular flexibility index (Phi) is 9.05. The minimum absolute atomic E-state index is 0.0145. The number of fused-ring (bicyclic) bond motifs is 3. The molecule has 4 aliphatic rings. The Bertz CT molecular complexity index is 1530. The number of rotatable bonds is 9. The van der Waals surface area contributed by atoms with E-state index in [2.05, 4.69) is 21.3 Å². The van der Waals surface area contributed by atoms with E-state index in [1.807, 2.05) is 0 Å². The first-order chi connectivity index (χ1) is 22.0. The molecule has 0 radical (unpaired) electrons. The fourth-order valence-corrected chi connectivity index (χ4v) is 8.47. The summed E-state index contributed by atoms with van der Waals surface area (Å²) in [4.78, 5) is 41.1. The van der Waals surface area contributed by atoms with E-state index in [0.29, 0.717) is 42.3 Å². The molecule has 0 aromatic heterocycles. The van der Waals surface area contributed by atoms with Crippen LogP contribution in [0.2, 0.25) is 10.0 Å². The van der Waals surface area contributed by atoms with Crippen molar-refractivity contribution >= 4 is 46.6 Å². The quantitative estimate of drug-likeness (QED) is 0.298. The maximum Gasteiger partial charge on any atom is 0.249 e. The van der Waals surface area contributed by atoms with Gasteiger partial charge in [-0.25, -0.2) is 4.39 Å². The molecular weight excluding hydrogens is 648 g/mol. The minimum atomic E-state index is -1.65. The summed E-state index contributed by atoms with van der Waals surface area (Å²) in [7, 11) is 1.53. The van der Waals surface area contributed by atoms with Crippen LogP contribution in [-0.4, -0.2) is 81.7 Å². The zero-order chi connectivity index (χ0) is 32.9. The first kappa shape index (κ1) is 33.0. The number of carbonyl (C=O) groups is 3. The molecule has 1 aliphatic carbocycles. The van der Waals surface area contributed by atoms with Gasteiger partial charge in [-0.3, -0.25) is 28.5 Å². The van der Waals surface area contributed by atoms with Crippen LogP contribution in [0.3, 0.4) is 0 Å². The number of anilines is 1. The monoisotopic (exact) mass is 682 g/mol. The fourth-order valence-electron chi connectivity index (χ4n) is 8.11. The molecule has 6 rings (SSSR count). The zero-order valence-electron chi connectivity index (χ0n) is 25.1. The van der Waals surface area contributed by atoms with Gasteiger partial charge < -0.3 is 25.4 Å². The van der Waals surface area contributed by atoms with Crippen molar-refractivity contribution in [2.45, 2.75) is 60.7 Å². The molecule has 9 nitrogen and oxygen atoms in total. The Morgan fingerprint density at radius 2 is 1.87 bits per heavy atom. The van der Waals surface area contributed by atoms with Gasteiger partial charge in [0.25, 0.3) is 0 Å². The number of nitrogens with one attached hydrogen (secondary N) is 4. The van der Waals surface area contributed by atoms with Crippen LogP contribution in [0.5, 0.6) is 0 Å². The number of carbonyl (C=O) groups excluding carboxylic acids is 3. The zero-order valence-corrected chi connectivity index (χ0v) is 26.6. The van der Waals surface area contributed by atoms with Gasteiger partial charge in [0.05, 0.1) is 43.7 Å². The summed E-state index contributed by atoms with van der Waals surface area (Å²) in [6, 6.07) is 7.47. The van der Waals surface area contributed by atoms with Gasteiger partial charge in [-0.15, -0.1) is 0 Å². The van der Waals surface area contributed by atoms with E-state index < -0.39 is 71.5 Å². The van der Waals surface area contributed by atoms with Crippen LogP contribution in [0.1, 0.15) is 42.7 Å². The molecule has 1 unspecified atom stereocenters. The van der Waals surface area contributed by atoms with Crippen molar-refractivity contribution in [3.8, 4) is 0 Å². The molecule has 2 saturated heterocycles. The largest absolute Gasteiger partial charge is 0.383 e. The average Bonchev–Trinajstić information content (AvgIpc) is 3.49. The number of amides is 3. The third-order valence-electron chi connectivity index (χ3n) is 10.0. The summed E-state index contributed by atoms with van der Waals surface area (Å²) in [5.74, 6) is -3.34. The van der Waals surface area contributed by atoms with Crippen molar-refractivity contribution in [1.29, 1.82) is 0 Å². The van der Waals surface area contributed by atoms with Crippen LogP contribution < -0.4 is 21.3 Å². The number of alkyl halides is 2. The summed E-state index contributed by atoms with van der Waals surface area (Å²) in [6.45, 7) is -1.20. The van der Waals surface area contributed by atoms with Crippen molar-refractivity contribution in [2.24, 2.45) is 5.41 Å². The molecule has 0 bridgehead atoms. The average molecular weight is 684 g/mol. The van der Waals surface area contributed by atoms with E-state index in [0.717, 1.165) is 0 Å². The van der Waals surface area contributed by atoms with Gasteiger partial charge in [-0.1, -0.05) is 41.4 Å². The van der Waals surface area contributed by atoms with Gasteiger partial charge in [0, 0.05) is 41.2 Å². The van der Waals surface area contributed by atoms with Gasteiger partial charge in [0.15, 0.2) is 0 Å². The molecule has 46 heavy (non-hydrogen) atoms. The Labute approximate surface area is 274 Å². The minimum Gasteiger partial charge on any atom is -0.383 e. The number of hydrogen-bond acceptors (Lipinski definition) is 6. The van der Waals surface area contributed by atoms with E-state index in [9.17, 15) is 23.2 Å². The molecule has 2 spiro atoms. The van der Waals surface area contributed by atoms with Gasteiger partial charge >= 0.3 is 0 Å². The molecule has 3 aliphatic heterocycles. The lowest BCUT2D eigenvalue weighted by Crippen LogP contribution is -2.70. The summed E-state index contributed by atoms with van der Waals surface area (Å²) < 4.78 is 55.4. The van der Waals surface area contributed by atoms with Crippen molar-refractivity contribution in [3.05, 3.63) is 63.4 Å². The van der Waals surface area contributed by atoms with Gasteiger partial charge in [-0.05, 0) is 55.0 Å². The molecule has 4 N–H and O–H groups in total. The lowest BCUT2D eigenvalue weighted by molar-refractivity contribution is -0.137. The Morgan fingerprint density at radius 1 is 1.11 bits per heavy atom. The van der Waals surface area contributed by atoms with E-state index in [1.54, 1.807) is 18.2 Å². The number of hydrogen-bond donors (Lipinski definition) is 4. The normalized spacial score (nSPS) is 28.9. The Hall–Kier alpha value is -2.90. The molecule has 248 valence electrons. The third kappa shape index (κ3) is 5.17. The predicted molar refractivity (Wildman–Crippen MR) is 165 cm³/mol. The molecule has 3 heterocycles. The standard InChI is InChI=1S/C32H35Cl2F3N4O5/c1-45-10-9-38-27(42)23-8-6-18(12-46-23)39-28(43)26-24(19-3-2-4-21(34)25(19)37)32(31(41-26)13-30(14-31,15-35)16-36)20-7-5-17(33)11-22(20)40-29(32)44/h2-5,7,11,18,23-24,26,41H,6,8-10,12-16H2,1H3,(H,38,42)(H,39,43)(H,40,44)/t18?,23-,24-,26+,32+/m0/s1. The van der Waals surface area contributed by atoms with Crippen LogP contribution in [0.25, 0.3) is 0 Å². The summed E-state index contributed by atoms with van der Waals surface area (Å²) in [5.41, 5.74) is -3.49. The lowest BCUT2D eigenvalue weighted by atomic mass is 9.46. The molecule has 2 aromatic carbocycles. The van der Waals surface area contributed by atoms with Gasteiger partial charge in [0.2, 0.25) is 17.7 Å². The second-order valence-corrected chi connectivity index (χ2v) is 13.6. The Morgan fingerprint density at radius 3 is 2.54 bits per heavy atom. The third-order valence-corrected chi connectivity index (χ3v) is 10.6.